The molecule has 6 heteroatoms. The molecular formula is C11H7ClN4O. The van der Waals surface area contributed by atoms with Gasteiger partial charge in [0.25, 0.3) is 0 Å². The molecule has 2 aromatic heterocycles. The van der Waals surface area contributed by atoms with Crippen LogP contribution in [0.25, 0.3) is 22.6 Å². The number of aromatic amines is 1. The van der Waals surface area contributed by atoms with Gasteiger partial charge in [-0.25, -0.2) is 15.0 Å². The largest absolute Gasteiger partial charge is 0.508 e. The van der Waals surface area contributed by atoms with Crippen molar-refractivity contribution in [3.8, 4) is 17.1 Å². The molecule has 0 bridgehead atoms. The van der Waals surface area contributed by atoms with Crippen LogP contribution in [-0.2, 0) is 0 Å². The Morgan fingerprint density at radius 1 is 1.29 bits per heavy atom. The number of phenolic OH excluding ortho intramolecular Hbond substituents is 1. The number of nitrogens with zero attached hydrogens (tertiary/aromatic N) is 3. The Labute approximate surface area is 101 Å². The van der Waals surface area contributed by atoms with Gasteiger partial charge in [-0.05, 0) is 18.2 Å². The van der Waals surface area contributed by atoms with E-state index in [1.54, 1.807) is 18.3 Å². The van der Waals surface area contributed by atoms with E-state index in [4.69, 9.17) is 11.6 Å². The zero-order valence-corrected chi connectivity index (χ0v) is 9.31. The second kappa shape index (κ2) is 3.71. The molecule has 0 spiro atoms. The standard InChI is InChI=1S/C11H7ClN4O/c12-8-2-1-6(17)3-7(8)10-15-9-4-13-5-14-11(9)16-10/h1-5,17H,(H,13,14,15,16). The fourth-order valence-corrected chi connectivity index (χ4v) is 1.79. The van der Waals surface area contributed by atoms with Crippen molar-refractivity contribution in [2.45, 2.75) is 0 Å². The highest BCUT2D eigenvalue weighted by Crippen LogP contribution is 2.29. The van der Waals surface area contributed by atoms with Gasteiger partial charge in [0.15, 0.2) is 5.65 Å². The normalized spacial score (nSPS) is 10.9. The molecule has 3 rings (SSSR count). The van der Waals surface area contributed by atoms with E-state index in [9.17, 15) is 5.11 Å². The van der Waals surface area contributed by atoms with E-state index < -0.39 is 0 Å². The summed E-state index contributed by atoms with van der Waals surface area (Å²) in [6.45, 7) is 0. The maximum absolute atomic E-state index is 9.45. The summed E-state index contributed by atoms with van der Waals surface area (Å²) in [6, 6.07) is 4.69. The summed E-state index contributed by atoms with van der Waals surface area (Å²) < 4.78 is 0. The van der Waals surface area contributed by atoms with Crippen LogP contribution >= 0.6 is 11.6 Å². The van der Waals surface area contributed by atoms with Crippen molar-refractivity contribution < 1.29 is 5.11 Å². The number of hydrogen-bond acceptors (Lipinski definition) is 4. The maximum atomic E-state index is 9.45. The number of nitrogens with one attached hydrogen (secondary N) is 1. The number of H-pyrrole nitrogens is 1. The van der Waals surface area contributed by atoms with Crippen LogP contribution in [0.5, 0.6) is 5.75 Å². The number of imidazole rings is 1. The first-order valence-electron chi connectivity index (χ1n) is 4.88. The van der Waals surface area contributed by atoms with Gasteiger partial charge in [0.1, 0.15) is 23.4 Å². The van der Waals surface area contributed by atoms with Crippen molar-refractivity contribution >= 4 is 22.8 Å². The van der Waals surface area contributed by atoms with E-state index in [2.05, 4.69) is 19.9 Å². The van der Waals surface area contributed by atoms with Gasteiger partial charge < -0.3 is 10.1 Å². The van der Waals surface area contributed by atoms with E-state index in [1.165, 1.54) is 12.4 Å². The third-order valence-corrected chi connectivity index (χ3v) is 2.70. The number of rotatable bonds is 1. The number of aromatic nitrogens is 4. The Morgan fingerprint density at radius 3 is 3.00 bits per heavy atom. The molecule has 1 aromatic carbocycles. The van der Waals surface area contributed by atoms with Crippen molar-refractivity contribution in [2.24, 2.45) is 0 Å². The monoisotopic (exact) mass is 246 g/mol. The molecule has 0 fully saturated rings. The van der Waals surface area contributed by atoms with Crippen molar-refractivity contribution in [1.29, 1.82) is 0 Å². The molecule has 0 saturated carbocycles. The lowest BCUT2D eigenvalue weighted by Crippen LogP contribution is -1.82. The molecule has 0 amide bonds. The summed E-state index contributed by atoms with van der Waals surface area (Å²) in [4.78, 5) is 15.2. The topological polar surface area (TPSA) is 74.7 Å². The van der Waals surface area contributed by atoms with Crippen LogP contribution in [-0.4, -0.2) is 25.0 Å². The molecule has 3 aromatic rings. The third kappa shape index (κ3) is 1.70. The lowest BCUT2D eigenvalue weighted by Gasteiger charge is -2.00. The first-order valence-corrected chi connectivity index (χ1v) is 5.26. The van der Waals surface area contributed by atoms with Crippen molar-refractivity contribution in [3.05, 3.63) is 35.7 Å². The minimum atomic E-state index is 0.135. The Kier molecular flexibility index (Phi) is 2.19. The quantitative estimate of drug-likeness (QED) is 0.691. The predicted molar refractivity (Wildman–Crippen MR) is 63.8 cm³/mol. The van der Waals surface area contributed by atoms with Gasteiger partial charge in [-0.2, -0.15) is 0 Å². The number of halogens is 1. The van der Waals surface area contributed by atoms with Crippen LogP contribution < -0.4 is 0 Å². The van der Waals surface area contributed by atoms with Gasteiger partial charge in [-0.1, -0.05) is 11.6 Å². The van der Waals surface area contributed by atoms with Crippen LogP contribution in [0.2, 0.25) is 5.02 Å². The van der Waals surface area contributed by atoms with Crippen molar-refractivity contribution in [3.63, 3.8) is 0 Å². The first kappa shape index (κ1) is 10.0. The summed E-state index contributed by atoms with van der Waals surface area (Å²) >= 11 is 6.05. The van der Waals surface area contributed by atoms with Crippen LogP contribution in [0.3, 0.4) is 0 Å². The number of aromatic hydroxyl groups is 1. The summed E-state index contributed by atoms with van der Waals surface area (Å²) in [5.41, 5.74) is 1.92. The molecular weight excluding hydrogens is 240 g/mol. The van der Waals surface area contributed by atoms with E-state index >= 15 is 0 Å². The summed E-state index contributed by atoms with van der Waals surface area (Å²) in [5, 5.41) is 9.95. The van der Waals surface area contributed by atoms with Gasteiger partial charge in [0, 0.05) is 5.56 Å². The Bertz CT molecular complexity index is 662. The second-order valence-corrected chi connectivity index (χ2v) is 3.92. The van der Waals surface area contributed by atoms with Gasteiger partial charge >= 0.3 is 0 Å². The van der Waals surface area contributed by atoms with Crippen LogP contribution in [0, 0.1) is 0 Å². The highest BCUT2D eigenvalue weighted by molar-refractivity contribution is 6.33. The molecule has 0 saturated heterocycles. The molecule has 17 heavy (non-hydrogen) atoms. The van der Waals surface area contributed by atoms with E-state index in [-0.39, 0.29) is 5.75 Å². The molecule has 2 N–H and O–H groups in total. The zero-order chi connectivity index (χ0) is 11.8. The average Bonchev–Trinajstić information content (AvgIpc) is 2.75. The third-order valence-electron chi connectivity index (χ3n) is 2.37. The number of hydrogen-bond donors (Lipinski definition) is 2. The van der Waals surface area contributed by atoms with Crippen molar-refractivity contribution in [1.82, 2.24) is 19.9 Å². The van der Waals surface area contributed by atoms with Crippen LogP contribution in [0.4, 0.5) is 0 Å². The maximum Gasteiger partial charge on any atom is 0.181 e. The highest BCUT2D eigenvalue weighted by Gasteiger charge is 2.10. The lowest BCUT2D eigenvalue weighted by atomic mass is 10.2. The Balaban J connectivity index is 2.23. The molecule has 0 aliphatic rings. The Hall–Kier alpha value is -2.14. The predicted octanol–water partition coefficient (Wildman–Crippen LogP) is 2.38. The summed E-state index contributed by atoms with van der Waals surface area (Å²) in [5.74, 6) is 0.692. The average molecular weight is 247 g/mol. The fourth-order valence-electron chi connectivity index (χ4n) is 1.58. The number of phenols is 1. The SMILES string of the molecule is Oc1ccc(Cl)c(-c2nc3ncncc3[nH]2)c1. The Morgan fingerprint density at radius 2 is 2.18 bits per heavy atom. The molecule has 2 heterocycles. The number of fused-ring (bicyclic) bond motifs is 1. The van der Waals surface area contributed by atoms with E-state index in [1.807, 2.05) is 0 Å². The van der Waals surface area contributed by atoms with E-state index in [0.29, 0.717) is 22.1 Å². The molecule has 0 aliphatic carbocycles. The zero-order valence-electron chi connectivity index (χ0n) is 8.55. The van der Waals surface area contributed by atoms with Gasteiger partial charge in [-0.3, -0.25) is 0 Å². The van der Waals surface area contributed by atoms with E-state index in [0.717, 1.165) is 5.52 Å². The molecule has 0 aliphatic heterocycles. The van der Waals surface area contributed by atoms with Gasteiger partial charge in [0.2, 0.25) is 0 Å². The summed E-state index contributed by atoms with van der Waals surface area (Å²) in [7, 11) is 0. The van der Waals surface area contributed by atoms with Crippen molar-refractivity contribution in [2.75, 3.05) is 0 Å². The summed E-state index contributed by atoms with van der Waals surface area (Å²) in [6.07, 6.45) is 3.06. The molecule has 0 radical (unpaired) electrons. The molecule has 0 unspecified atom stereocenters. The van der Waals surface area contributed by atoms with Crippen LogP contribution in [0.15, 0.2) is 30.7 Å². The first-order chi connectivity index (χ1) is 8.24. The minimum absolute atomic E-state index is 0.135. The van der Waals surface area contributed by atoms with Gasteiger partial charge in [0.05, 0.1) is 11.2 Å². The highest BCUT2D eigenvalue weighted by atomic mass is 35.5. The molecule has 84 valence electrons. The fraction of sp³-hybridized carbons (Fsp3) is 0. The minimum Gasteiger partial charge on any atom is -0.508 e. The number of benzene rings is 1. The molecule has 5 nitrogen and oxygen atoms in total. The van der Waals surface area contributed by atoms with Gasteiger partial charge in [-0.15, -0.1) is 0 Å². The molecule has 0 atom stereocenters. The second-order valence-electron chi connectivity index (χ2n) is 3.51. The smallest absolute Gasteiger partial charge is 0.181 e. The van der Waals surface area contributed by atoms with Crippen LogP contribution in [0.1, 0.15) is 0 Å². The lowest BCUT2D eigenvalue weighted by molar-refractivity contribution is 0.475.